The van der Waals surface area contributed by atoms with Gasteiger partial charge < -0.3 is 0 Å². The second kappa shape index (κ2) is 9.36. The number of hydrogen-bond donors (Lipinski definition) is 0. The molecule has 1 fully saturated rings. The molecule has 2 aliphatic carbocycles. The summed E-state index contributed by atoms with van der Waals surface area (Å²) in [6.45, 7) is 12.6. The lowest BCUT2D eigenvalue weighted by molar-refractivity contribution is 0.496. The lowest BCUT2D eigenvalue weighted by Gasteiger charge is -2.23. The number of nitrogens with zero attached hydrogens (tertiary/aromatic N) is 1. The summed E-state index contributed by atoms with van der Waals surface area (Å²) in [5, 5.41) is 0. The van der Waals surface area contributed by atoms with E-state index in [-0.39, 0.29) is 0 Å². The third-order valence-corrected chi connectivity index (χ3v) is 4.02. The number of fused-ring (bicyclic) bond motifs is 1. The van der Waals surface area contributed by atoms with Gasteiger partial charge in [-0.25, -0.2) is 0 Å². The highest BCUT2D eigenvalue weighted by atomic mass is 14.7. The van der Waals surface area contributed by atoms with Crippen molar-refractivity contribution < 1.29 is 0 Å². The van der Waals surface area contributed by atoms with Crippen LogP contribution in [0.5, 0.6) is 0 Å². The minimum absolute atomic E-state index is 0.615. The zero-order chi connectivity index (χ0) is 17.4. The van der Waals surface area contributed by atoms with Crippen molar-refractivity contribution in [1.82, 2.24) is 0 Å². The molecule has 0 spiro atoms. The Labute approximate surface area is 143 Å². The van der Waals surface area contributed by atoms with Crippen LogP contribution in [0.2, 0.25) is 0 Å². The third-order valence-electron chi connectivity index (χ3n) is 4.02. The van der Waals surface area contributed by atoms with Gasteiger partial charge in [-0.15, -0.1) is 6.42 Å². The van der Waals surface area contributed by atoms with Crippen LogP contribution < -0.4 is 0 Å². The minimum Gasteiger partial charge on any atom is -0.265 e. The molecule has 0 aromatic carbocycles. The van der Waals surface area contributed by atoms with Crippen molar-refractivity contribution in [2.24, 2.45) is 16.8 Å². The molecule has 0 heterocycles. The first kappa shape index (κ1) is 19.2. The smallest absolute Gasteiger partial charge is 0.0379 e. The van der Waals surface area contributed by atoms with Gasteiger partial charge in [-0.05, 0) is 69.9 Å². The predicted molar refractivity (Wildman–Crippen MR) is 103 cm³/mol. The molecule has 1 heteroatoms. The van der Waals surface area contributed by atoms with Gasteiger partial charge in [0.25, 0.3) is 0 Å². The van der Waals surface area contributed by atoms with Crippen molar-refractivity contribution in [1.29, 1.82) is 0 Å². The highest BCUT2D eigenvalue weighted by Crippen LogP contribution is 2.35. The van der Waals surface area contributed by atoms with Crippen molar-refractivity contribution in [3.8, 4) is 12.3 Å². The molecule has 0 bridgehead atoms. The van der Waals surface area contributed by atoms with Crippen LogP contribution in [0.25, 0.3) is 0 Å². The highest BCUT2D eigenvalue weighted by molar-refractivity contribution is 5.79. The predicted octanol–water partition coefficient (Wildman–Crippen LogP) is 6.26. The Morgan fingerprint density at radius 3 is 2.52 bits per heavy atom. The zero-order valence-electron chi connectivity index (χ0n) is 15.6. The average molecular weight is 309 g/mol. The van der Waals surface area contributed by atoms with Gasteiger partial charge in [0.1, 0.15) is 0 Å². The van der Waals surface area contributed by atoms with E-state index in [1.807, 2.05) is 20.8 Å². The van der Waals surface area contributed by atoms with E-state index < -0.39 is 0 Å². The zero-order valence-corrected chi connectivity index (χ0v) is 15.6. The molecule has 0 N–H and O–H groups in total. The number of hydrogen-bond acceptors (Lipinski definition) is 1. The standard InChI is InChI=1S/C14H20.C8H11N/c1-10-4-5-13-8-11(2)6-12(3)9-14(13)7-10;1-5-8(4)6-9-7(2)3/h6,8-10,12H,4-5,7H2,1-3H3;1,6H,2-4H3/b;8-6-. The fraction of sp³-hybridized carbons (Fsp3) is 0.500. The summed E-state index contributed by atoms with van der Waals surface area (Å²) < 4.78 is 0. The second-order valence-electron chi connectivity index (χ2n) is 7.01. The molecule has 23 heavy (non-hydrogen) atoms. The summed E-state index contributed by atoms with van der Waals surface area (Å²) in [4.78, 5) is 4.01. The molecule has 2 atom stereocenters. The summed E-state index contributed by atoms with van der Waals surface area (Å²) in [6, 6.07) is 0. The van der Waals surface area contributed by atoms with Crippen molar-refractivity contribution >= 4 is 5.71 Å². The first-order valence-corrected chi connectivity index (χ1v) is 8.56. The Hall–Kier alpha value is -1.81. The normalized spacial score (nSPS) is 23.7. The van der Waals surface area contributed by atoms with Gasteiger partial charge in [0.2, 0.25) is 0 Å². The van der Waals surface area contributed by atoms with Crippen molar-refractivity contribution in [2.75, 3.05) is 0 Å². The molecule has 0 aromatic heterocycles. The summed E-state index contributed by atoms with van der Waals surface area (Å²) in [7, 11) is 0. The summed E-state index contributed by atoms with van der Waals surface area (Å²) >= 11 is 0. The van der Waals surface area contributed by atoms with Crippen LogP contribution in [0.4, 0.5) is 0 Å². The van der Waals surface area contributed by atoms with E-state index in [1.165, 1.54) is 24.8 Å². The molecule has 0 saturated heterocycles. The highest BCUT2D eigenvalue weighted by Gasteiger charge is 2.19. The molecule has 1 saturated carbocycles. The van der Waals surface area contributed by atoms with E-state index in [9.17, 15) is 0 Å². The molecule has 0 radical (unpaired) electrons. The molecular formula is C22H31N. The Morgan fingerprint density at radius 2 is 1.91 bits per heavy atom. The van der Waals surface area contributed by atoms with Crippen LogP contribution in [0.3, 0.4) is 0 Å². The number of rotatable bonds is 1. The van der Waals surface area contributed by atoms with E-state index in [2.05, 4.69) is 49.9 Å². The third kappa shape index (κ3) is 7.33. The van der Waals surface area contributed by atoms with Gasteiger partial charge in [0, 0.05) is 17.5 Å². The Bertz CT molecular complexity index is 598. The van der Waals surface area contributed by atoms with Gasteiger partial charge in [-0.2, -0.15) is 0 Å². The van der Waals surface area contributed by atoms with Crippen molar-refractivity contribution in [3.05, 3.63) is 46.7 Å². The van der Waals surface area contributed by atoms with Crippen LogP contribution in [0, 0.1) is 24.2 Å². The van der Waals surface area contributed by atoms with Crippen LogP contribution in [-0.4, -0.2) is 5.71 Å². The monoisotopic (exact) mass is 309 g/mol. The van der Waals surface area contributed by atoms with Gasteiger partial charge in [-0.3, -0.25) is 4.99 Å². The van der Waals surface area contributed by atoms with Crippen LogP contribution in [0.15, 0.2) is 51.7 Å². The molecular weight excluding hydrogens is 278 g/mol. The van der Waals surface area contributed by atoms with Crippen molar-refractivity contribution in [2.45, 2.75) is 60.8 Å². The SMILES string of the molecule is C#C/C(C)=C\N=C(C)C.CC1=CC(C)C=C2CC(C)CCC2=C1. The van der Waals surface area contributed by atoms with Crippen LogP contribution in [-0.2, 0) is 0 Å². The van der Waals surface area contributed by atoms with E-state index in [4.69, 9.17) is 6.42 Å². The number of aliphatic imine (C=N–C) groups is 1. The van der Waals surface area contributed by atoms with E-state index >= 15 is 0 Å². The van der Waals surface area contributed by atoms with Gasteiger partial charge >= 0.3 is 0 Å². The summed E-state index contributed by atoms with van der Waals surface area (Å²) in [5.41, 5.74) is 6.53. The number of terminal acetylenes is 1. The molecule has 0 aliphatic heterocycles. The molecule has 1 nitrogen and oxygen atoms in total. The Balaban J connectivity index is 0.000000257. The van der Waals surface area contributed by atoms with Gasteiger partial charge in [-0.1, -0.05) is 43.6 Å². The van der Waals surface area contributed by atoms with Crippen LogP contribution >= 0.6 is 0 Å². The maximum atomic E-state index is 5.07. The fourth-order valence-corrected chi connectivity index (χ4v) is 2.88. The summed E-state index contributed by atoms with van der Waals surface area (Å²) in [6.07, 6.45) is 17.9. The minimum atomic E-state index is 0.615. The quantitative estimate of drug-likeness (QED) is 0.400. The summed E-state index contributed by atoms with van der Waals surface area (Å²) in [5.74, 6) is 3.97. The molecule has 2 unspecified atom stereocenters. The topological polar surface area (TPSA) is 12.4 Å². The molecule has 0 aromatic rings. The lowest BCUT2D eigenvalue weighted by atomic mass is 9.82. The van der Waals surface area contributed by atoms with Gasteiger partial charge in [0.15, 0.2) is 0 Å². The molecule has 124 valence electrons. The van der Waals surface area contributed by atoms with E-state index in [0.29, 0.717) is 5.92 Å². The first-order valence-electron chi connectivity index (χ1n) is 8.56. The molecule has 2 rings (SSSR count). The lowest BCUT2D eigenvalue weighted by Crippen LogP contribution is -2.07. The van der Waals surface area contributed by atoms with E-state index in [1.54, 1.807) is 17.3 Å². The number of allylic oxidation sites excluding steroid dienone is 7. The Kier molecular flexibility index (Phi) is 7.83. The van der Waals surface area contributed by atoms with Crippen LogP contribution in [0.1, 0.15) is 60.8 Å². The van der Waals surface area contributed by atoms with E-state index in [0.717, 1.165) is 17.2 Å². The average Bonchev–Trinajstić information content (AvgIpc) is 2.61. The molecule has 0 amide bonds. The largest absolute Gasteiger partial charge is 0.265 e. The first-order chi connectivity index (χ1) is 10.8. The second-order valence-corrected chi connectivity index (χ2v) is 7.01. The van der Waals surface area contributed by atoms with Crippen molar-refractivity contribution in [3.63, 3.8) is 0 Å². The maximum Gasteiger partial charge on any atom is 0.0379 e. The maximum absolute atomic E-state index is 5.07. The van der Waals surface area contributed by atoms with Gasteiger partial charge in [0.05, 0.1) is 0 Å². The fourth-order valence-electron chi connectivity index (χ4n) is 2.88. The molecule has 2 aliphatic rings. The Morgan fingerprint density at radius 1 is 1.22 bits per heavy atom.